The van der Waals surface area contributed by atoms with Gasteiger partial charge < -0.3 is 29.2 Å². The number of nitrogens with one attached hydrogen (secondary N) is 1. The first-order valence-corrected chi connectivity index (χ1v) is 7.84. The summed E-state index contributed by atoms with van der Waals surface area (Å²) in [4.78, 5) is 24.9. The van der Waals surface area contributed by atoms with Crippen molar-refractivity contribution >= 4 is 12.0 Å². The van der Waals surface area contributed by atoms with E-state index >= 15 is 0 Å². The SMILES string of the molecule is COC(=O)NC[C@@H]1C[C@H](F)CN1C(=O)COc1ccc2c(c1)OCO2. The fourth-order valence-electron chi connectivity index (χ4n) is 2.83. The molecule has 0 spiro atoms. The second kappa shape index (κ2) is 7.45. The van der Waals surface area contributed by atoms with E-state index in [9.17, 15) is 14.0 Å². The molecule has 1 N–H and O–H groups in total. The third-order valence-electron chi connectivity index (χ3n) is 4.06. The largest absolute Gasteiger partial charge is 0.484 e. The van der Waals surface area contributed by atoms with E-state index in [1.54, 1.807) is 18.2 Å². The number of rotatable bonds is 5. The topological polar surface area (TPSA) is 86.3 Å². The molecular weight excluding hydrogens is 335 g/mol. The second-order valence-electron chi connectivity index (χ2n) is 5.71. The zero-order chi connectivity index (χ0) is 17.8. The minimum absolute atomic E-state index is 0.0170. The van der Waals surface area contributed by atoms with Gasteiger partial charge in [0, 0.05) is 19.0 Å². The molecule has 0 aliphatic carbocycles. The highest BCUT2D eigenvalue weighted by Crippen LogP contribution is 2.35. The van der Waals surface area contributed by atoms with Crippen molar-refractivity contribution in [1.29, 1.82) is 0 Å². The van der Waals surface area contributed by atoms with Gasteiger partial charge >= 0.3 is 6.09 Å². The molecule has 2 amide bonds. The molecule has 0 unspecified atom stereocenters. The first-order chi connectivity index (χ1) is 12.1. The van der Waals surface area contributed by atoms with Gasteiger partial charge in [0.1, 0.15) is 11.9 Å². The normalized spacial score (nSPS) is 21.1. The number of hydrogen-bond acceptors (Lipinski definition) is 6. The number of methoxy groups -OCH3 is 1. The van der Waals surface area contributed by atoms with Crippen LogP contribution in [0.3, 0.4) is 0 Å². The quantitative estimate of drug-likeness (QED) is 0.852. The predicted molar refractivity (Wildman–Crippen MR) is 83.5 cm³/mol. The lowest BCUT2D eigenvalue weighted by Gasteiger charge is -2.24. The third kappa shape index (κ3) is 4.04. The minimum Gasteiger partial charge on any atom is -0.484 e. The first-order valence-electron chi connectivity index (χ1n) is 7.84. The van der Waals surface area contributed by atoms with Crippen molar-refractivity contribution in [1.82, 2.24) is 10.2 Å². The average Bonchev–Trinajstić information content (AvgIpc) is 3.23. The lowest BCUT2D eigenvalue weighted by molar-refractivity contribution is -0.134. The van der Waals surface area contributed by atoms with Gasteiger partial charge in [-0.1, -0.05) is 0 Å². The smallest absolute Gasteiger partial charge is 0.406 e. The summed E-state index contributed by atoms with van der Waals surface area (Å²) in [6.45, 7) is 0.0268. The molecule has 136 valence electrons. The van der Waals surface area contributed by atoms with E-state index < -0.39 is 18.3 Å². The molecule has 1 aromatic carbocycles. The van der Waals surface area contributed by atoms with Crippen LogP contribution in [-0.4, -0.2) is 62.7 Å². The molecule has 8 nitrogen and oxygen atoms in total. The van der Waals surface area contributed by atoms with Gasteiger partial charge in [-0.3, -0.25) is 4.79 Å². The van der Waals surface area contributed by atoms with E-state index in [0.717, 1.165) is 0 Å². The van der Waals surface area contributed by atoms with Gasteiger partial charge in [-0.05, 0) is 12.1 Å². The van der Waals surface area contributed by atoms with E-state index in [1.807, 2.05) is 0 Å². The number of benzene rings is 1. The van der Waals surface area contributed by atoms with Crippen LogP contribution < -0.4 is 19.5 Å². The third-order valence-corrected chi connectivity index (χ3v) is 4.06. The lowest BCUT2D eigenvalue weighted by atomic mass is 10.2. The van der Waals surface area contributed by atoms with Crippen LogP contribution in [-0.2, 0) is 9.53 Å². The Kier molecular flexibility index (Phi) is 5.11. The highest BCUT2D eigenvalue weighted by Gasteiger charge is 2.35. The van der Waals surface area contributed by atoms with Crippen molar-refractivity contribution < 1.29 is 32.9 Å². The van der Waals surface area contributed by atoms with Crippen molar-refractivity contribution in [3.63, 3.8) is 0 Å². The number of alkyl halides is 1. The van der Waals surface area contributed by atoms with Crippen molar-refractivity contribution in [2.45, 2.75) is 18.6 Å². The van der Waals surface area contributed by atoms with Crippen molar-refractivity contribution in [3.05, 3.63) is 18.2 Å². The van der Waals surface area contributed by atoms with Gasteiger partial charge in [-0.25, -0.2) is 9.18 Å². The molecule has 1 saturated heterocycles. The lowest BCUT2D eigenvalue weighted by Crippen LogP contribution is -2.44. The maximum Gasteiger partial charge on any atom is 0.406 e. The van der Waals surface area contributed by atoms with E-state index in [0.29, 0.717) is 17.2 Å². The summed E-state index contributed by atoms with van der Waals surface area (Å²) in [6.07, 6.45) is -1.58. The maximum absolute atomic E-state index is 13.7. The summed E-state index contributed by atoms with van der Waals surface area (Å²) in [7, 11) is 1.24. The number of fused-ring (bicyclic) bond motifs is 1. The molecule has 0 saturated carbocycles. The van der Waals surface area contributed by atoms with Crippen LogP contribution in [0.1, 0.15) is 6.42 Å². The average molecular weight is 354 g/mol. The highest BCUT2D eigenvalue weighted by molar-refractivity contribution is 5.78. The summed E-state index contributed by atoms with van der Waals surface area (Å²) in [5, 5.41) is 2.49. The Labute approximate surface area is 143 Å². The number of carbonyl (C=O) groups is 2. The van der Waals surface area contributed by atoms with Gasteiger partial charge in [0.05, 0.1) is 19.7 Å². The van der Waals surface area contributed by atoms with Crippen LogP contribution in [0.5, 0.6) is 17.2 Å². The molecule has 9 heteroatoms. The molecule has 0 aromatic heterocycles. The Morgan fingerprint density at radius 3 is 2.96 bits per heavy atom. The summed E-state index contributed by atoms with van der Waals surface area (Å²) in [5.74, 6) is 1.27. The molecule has 25 heavy (non-hydrogen) atoms. The van der Waals surface area contributed by atoms with Crippen LogP contribution in [0.25, 0.3) is 0 Å². The van der Waals surface area contributed by atoms with Gasteiger partial charge in [0.15, 0.2) is 18.1 Å². The fourth-order valence-corrected chi connectivity index (χ4v) is 2.83. The number of hydrogen-bond donors (Lipinski definition) is 1. The monoisotopic (exact) mass is 354 g/mol. The Hall–Kier alpha value is -2.71. The molecule has 1 aromatic rings. The Morgan fingerprint density at radius 2 is 2.16 bits per heavy atom. The minimum atomic E-state index is -1.13. The Balaban J connectivity index is 1.54. The fraction of sp³-hybridized carbons (Fsp3) is 0.500. The molecule has 0 radical (unpaired) electrons. The first kappa shape index (κ1) is 17.1. The van der Waals surface area contributed by atoms with Gasteiger partial charge in [-0.2, -0.15) is 0 Å². The van der Waals surface area contributed by atoms with Gasteiger partial charge in [0.25, 0.3) is 5.91 Å². The van der Waals surface area contributed by atoms with Crippen molar-refractivity contribution in [2.75, 3.05) is 33.6 Å². The zero-order valence-electron chi connectivity index (χ0n) is 13.7. The van der Waals surface area contributed by atoms with Crippen LogP contribution >= 0.6 is 0 Å². The summed E-state index contributed by atoms with van der Waals surface area (Å²) in [6, 6.07) is 4.56. The van der Waals surface area contributed by atoms with Crippen LogP contribution in [0, 0.1) is 0 Å². The van der Waals surface area contributed by atoms with Crippen molar-refractivity contribution in [2.24, 2.45) is 0 Å². The molecule has 0 bridgehead atoms. The van der Waals surface area contributed by atoms with E-state index in [4.69, 9.17) is 14.2 Å². The Morgan fingerprint density at radius 1 is 1.36 bits per heavy atom. The van der Waals surface area contributed by atoms with E-state index in [-0.39, 0.29) is 38.8 Å². The molecular formula is C16H19FN2O6. The maximum atomic E-state index is 13.7. The van der Waals surface area contributed by atoms with Crippen LogP contribution in [0.15, 0.2) is 18.2 Å². The van der Waals surface area contributed by atoms with Crippen LogP contribution in [0.2, 0.25) is 0 Å². The second-order valence-corrected chi connectivity index (χ2v) is 5.71. The van der Waals surface area contributed by atoms with Gasteiger partial charge in [0.2, 0.25) is 6.79 Å². The number of ether oxygens (including phenoxy) is 4. The number of alkyl carbamates (subject to hydrolysis) is 1. The summed E-state index contributed by atoms with van der Waals surface area (Å²) < 4.78 is 34.1. The van der Waals surface area contributed by atoms with Crippen molar-refractivity contribution in [3.8, 4) is 17.2 Å². The Bertz CT molecular complexity index is 656. The molecule has 1 fully saturated rings. The molecule has 2 aliphatic rings. The predicted octanol–water partition coefficient (Wildman–Crippen LogP) is 1.09. The number of nitrogens with zero attached hydrogens (tertiary/aromatic N) is 1. The van der Waals surface area contributed by atoms with Gasteiger partial charge in [-0.15, -0.1) is 0 Å². The standard InChI is InChI=1S/C16H19FN2O6/c1-22-16(21)18-6-11-4-10(17)7-19(11)15(20)8-23-12-2-3-13-14(5-12)25-9-24-13/h2-3,5,10-11H,4,6-9H2,1H3,(H,18,21)/t10-,11-/m0/s1. The van der Waals surface area contributed by atoms with E-state index in [1.165, 1.54) is 12.0 Å². The zero-order valence-corrected chi connectivity index (χ0v) is 13.7. The number of likely N-dealkylation sites (tertiary alicyclic amines) is 1. The highest BCUT2D eigenvalue weighted by atomic mass is 19.1. The number of carbonyl (C=O) groups excluding carboxylic acids is 2. The summed E-state index contributed by atoms with van der Waals surface area (Å²) in [5.41, 5.74) is 0. The molecule has 2 atom stereocenters. The number of halogens is 1. The van der Waals surface area contributed by atoms with E-state index in [2.05, 4.69) is 10.1 Å². The number of amides is 2. The van der Waals surface area contributed by atoms with Crippen LogP contribution in [0.4, 0.5) is 9.18 Å². The molecule has 2 heterocycles. The summed E-state index contributed by atoms with van der Waals surface area (Å²) >= 11 is 0. The molecule has 3 rings (SSSR count). The molecule has 2 aliphatic heterocycles.